The first-order chi connectivity index (χ1) is 17.4. The molecule has 3 aromatic rings. The van der Waals surface area contributed by atoms with E-state index >= 15 is 0 Å². The average Bonchev–Trinajstić information content (AvgIpc) is 2.89. The summed E-state index contributed by atoms with van der Waals surface area (Å²) in [6, 6.07) is 11.9. The van der Waals surface area contributed by atoms with Gasteiger partial charge in [-0.1, -0.05) is 24.6 Å². The van der Waals surface area contributed by atoms with Crippen LogP contribution in [-0.4, -0.2) is 54.3 Å². The van der Waals surface area contributed by atoms with Crippen molar-refractivity contribution in [3.8, 4) is 0 Å². The van der Waals surface area contributed by atoms with Gasteiger partial charge < -0.3 is 10.2 Å². The van der Waals surface area contributed by atoms with Gasteiger partial charge in [0.05, 0.1) is 17.1 Å². The molecule has 5 rings (SSSR count). The number of hydrogen-bond donors (Lipinski definition) is 1. The van der Waals surface area contributed by atoms with Crippen LogP contribution in [0, 0.1) is 12.7 Å². The van der Waals surface area contributed by atoms with Crippen molar-refractivity contribution >= 4 is 22.3 Å². The van der Waals surface area contributed by atoms with Crippen LogP contribution in [0.2, 0.25) is 0 Å². The molecule has 0 saturated carbocycles. The number of piperazine rings is 1. The summed E-state index contributed by atoms with van der Waals surface area (Å²) in [7, 11) is 0. The van der Waals surface area contributed by atoms with Crippen LogP contribution in [-0.2, 0) is 0 Å². The third-order valence-electron chi connectivity index (χ3n) is 7.41. The van der Waals surface area contributed by atoms with Gasteiger partial charge in [0.15, 0.2) is 0 Å². The minimum Gasteiger partial charge on any atom is -0.378 e. The highest BCUT2D eigenvalue weighted by Gasteiger charge is 2.24. The zero-order valence-corrected chi connectivity index (χ0v) is 21.0. The number of piperidine rings is 1. The van der Waals surface area contributed by atoms with E-state index in [1.165, 1.54) is 25.3 Å². The maximum absolute atomic E-state index is 14.8. The number of benzene rings is 2. The molecular weight excluding hydrogens is 463 g/mol. The Morgan fingerprint density at radius 3 is 2.28 bits per heavy atom. The predicted octanol–water partition coefficient (Wildman–Crippen LogP) is 6.32. The van der Waals surface area contributed by atoms with Crippen molar-refractivity contribution in [1.82, 2.24) is 15.0 Å². The summed E-state index contributed by atoms with van der Waals surface area (Å²) in [6.07, 6.45) is 1.04. The average molecular weight is 498 g/mol. The second-order valence-electron chi connectivity index (χ2n) is 9.88. The third-order valence-corrected chi connectivity index (χ3v) is 7.41. The Balaban J connectivity index is 1.37. The number of nitrogens with zero attached hydrogens (tertiary/aromatic N) is 4. The summed E-state index contributed by atoms with van der Waals surface area (Å²) in [5, 5.41) is 9.32. The molecule has 192 valence electrons. The number of pyridine rings is 1. The van der Waals surface area contributed by atoms with E-state index in [9.17, 15) is 13.2 Å². The molecule has 36 heavy (non-hydrogen) atoms. The molecule has 1 N–H and O–H groups in total. The van der Waals surface area contributed by atoms with Crippen LogP contribution in [0.25, 0.3) is 10.9 Å². The number of nitrogens with one attached hydrogen (secondary N) is 1. The lowest BCUT2D eigenvalue weighted by Crippen LogP contribution is -2.55. The molecule has 2 aromatic carbocycles. The molecule has 1 atom stereocenters. The number of aromatic nitrogens is 1. The summed E-state index contributed by atoms with van der Waals surface area (Å²) in [6.45, 7) is 9.94. The molecule has 0 radical (unpaired) electrons. The van der Waals surface area contributed by atoms with Crippen LogP contribution in [0.1, 0.15) is 55.5 Å². The van der Waals surface area contributed by atoms with Gasteiger partial charge >= 0.3 is 0 Å². The highest BCUT2D eigenvalue weighted by molar-refractivity contribution is 5.94. The Kier molecular flexibility index (Phi) is 7.34. The standard InChI is InChI=1S/C28H34F3N5/c1-19-17-26(33-20(2)22-7-6-8-23(27(22)29)28(30)31)24-18-21(9-10-25(24)32-19)34-13-15-36(16-14-34)35-11-4-3-5-12-35/h6-10,17-18,20,28H,3-5,11-16H2,1-2H3,(H,32,33)/t20-/m1/s1. The number of alkyl halides is 2. The summed E-state index contributed by atoms with van der Waals surface area (Å²) in [5.74, 6) is -0.852. The molecule has 3 heterocycles. The van der Waals surface area contributed by atoms with Crippen molar-refractivity contribution in [2.75, 3.05) is 49.5 Å². The van der Waals surface area contributed by atoms with Gasteiger partial charge in [0.25, 0.3) is 6.43 Å². The molecule has 2 aliphatic rings. The zero-order valence-electron chi connectivity index (χ0n) is 21.0. The van der Waals surface area contributed by atoms with Gasteiger partial charge in [0.2, 0.25) is 0 Å². The van der Waals surface area contributed by atoms with E-state index in [0.717, 1.165) is 73.3 Å². The Bertz CT molecular complexity index is 1200. The number of fused-ring (bicyclic) bond motifs is 1. The molecule has 2 saturated heterocycles. The molecule has 1 aromatic heterocycles. The van der Waals surface area contributed by atoms with E-state index < -0.39 is 23.8 Å². The third kappa shape index (κ3) is 5.15. The van der Waals surface area contributed by atoms with Gasteiger partial charge in [-0.2, -0.15) is 0 Å². The molecule has 0 bridgehead atoms. The maximum Gasteiger partial charge on any atom is 0.266 e. The van der Waals surface area contributed by atoms with Gasteiger partial charge in [-0.15, -0.1) is 0 Å². The van der Waals surface area contributed by atoms with Crippen LogP contribution in [0.4, 0.5) is 24.5 Å². The van der Waals surface area contributed by atoms with Crippen LogP contribution < -0.4 is 10.2 Å². The van der Waals surface area contributed by atoms with E-state index in [1.807, 2.05) is 19.1 Å². The van der Waals surface area contributed by atoms with Gasteiger partial charge in [-0.3, -0.25) is 4.98 Å². The van der Waals surface area contributed by atoms with Gasteiger partial charge in [0.1, 0.15) is 5.82 Å². The van der Waals surface area contributed by atoms with Crippen molar-refractivity contribution in [2.45, 2.75) is 45.6 Å². The smallest absolute Gasteiger partial charge is 0.266 e. The highest BCUT2D eigenvalue weighted by atomic mass is 19.3. The molecule has 0 unspecified atom stereocenters. The Morgan fingerprint density at radius 2 is 1.56 bits per heavy atom. The van der Waals surface area contributed by atoms with Gasteiger partial charge in [-0.25, -0.2) is 23.2 Å². The van der Waals surface area contributed by atoms with Crippen LogP contribution in [0.5, 0.6) is 0 Å². The number of hydrazine groups is 1. The number of hydrogen-bond acceptors (Lipinski definition) is 5. The number of anilines is 2. The first kappa shape index (κ1) is 24.8. The second kappa shape index (κ2) is 10.6. The first-order valence-corrected chi connectivity index (χ1v) is 12.9. The number of aryl methyl sites for hydroxylation is 1. The normalized spacial score (nSPS) is 18.7. The highest BCUT2D eigenvalue weighted by Crippen LogP contribution is 2.33. The van der Waals surface area contributed by atoms with Crippen LogP contribution >= 0.6 is 0 Å². The van der Waals surface area contributed by atoms with Crippen LogP contribution in [0.3, 0.4) is 0 Å². The molecule has 2 aliphatic heterocycles. The number of halogens is 3. The molecule has 8 heteroatoms. The lowest BCUT2D eigenvalue weighted by atomic mass is 10.0. The van der Waals surface area contributed by atoms with E-state index in [2.05, 4.69) is 37.4 Å². The first-order valence-electron chi connectivity index (χ1n) is 12.9. The summed E-state index contributed by atoms with van der Waals surface area (Å²) < 4.78 is 41.3. The molecule has 0 spiro atoms. The zero-order chi connectivity index (χ0) is 25.2. The fourth-order valence-corrected chi connectivity index (χ4v) is 5.44. The molecule has 2 fully saturated rings. The monoisotopic (exact) mass is 497 g/mol. The van der Waals surface area contributed by atoms with Crippen molar-refractivity contribution in [2.24, 2.45) is 0 Å². The number of rotatable bonds is 6. The minimum atomic E-state index is -2.85. The lowest BCUT2D eigenvalue weighted by Gasteiger charge is -2.43. The van der Waals surface area contributed by atoms with Crippen molar-refractivity contribution < 1.29 is 13.2 Å². The van der Waals surface area contributed by atoms with E-state index in [4.69, 9.17) is 0 Å². The van der Waals surface area contributed by atoms with Crippen molar-refractivity contribution in [3.63, 3.8) is 0 Å². The Morgan fingerprint density at radius 1 is 0.861 bits per heavy atom. The van der Waals surface area contributed by atoms with Gasteiger partial charge in [-0.05, 0) is 51.0 Å². The molecular formula is C28H34F3N5. The second-order valence-corrected chi connectivity index (χ2v) is 9.88. The van der Waals surface area contributed by atoms with Gasteiger partial charge in [0, 0.05) is 67.3 Å². The fraction of sp³-hybridized carbons (Fsp3) is 0.464. The molecule has 5 nitrogen and oxygen atoms in total. The fourth-order valence-electron chi connectivity index (χ4n) is 5.44. The quantitative estimate of drug-likeness (QED) is 0.431. The molecule has 0 aliphatic carbocycles. The summed E-state index contributed by atoms with van der Waals surface area (Å²) in [4.78, 5) is 7.09. The van der Waals surface area contributed by atoms with Crippen molar-refractivity contribution in [1.29, 1.82) is 0 Å². The van der Waals surface area contributed by atoms with E-state index in [-0.39, 0.29) is 5.56 Å². The lowest BCUT2D eigenvalue weighted by molar-refractivity contribution is -0.0427. The Hall–Kier alpha value is -2.84. The Labute approximate surface area is 210 Å². The minimum absolute atomic E-state index is 0.223. The largest absolute Gasteiger partial charge is 0.378 e. The SMILES string of the molecule is Cc1cc(N[C@H](C)c2cccc(C(F)F)c2F)c2cc(N3CCN(N4CCCCC4)CC3)ccc2n1. The topological polar surface area (TPSA) is 34.6 Å². The van der Waals surface area contributed by atoms with Crippen molar-refractivity contribution in [3.05, 3.63) is 65.1 Å². The van der Waals surface area contributed by atoms with E-state index in [1.54, 1.807) is 13.0 Å². The maximum atomic E-state index is 14.8. The van der Waals surface area contributed by atoms with Crippen LogP contribution in [0.15, 0.2) is 42.5 Å². The van der Waals surface area contributed by atoms with E-state index in [0.29, 0.717) is 0 Å². The predicted molar refractivity (Wildman–Crippen MR) is 139 cm³/mol. The summed E-state index contributed by atoms with van der Waals surface area (Å²) in [5.41, 5.74) is 3.29. The molecule has 0 amide bonds. The summed E-state index contributed by atoms with van der Waals surface area (Å²) >= 11 is 0.